The summed E-state index contributed by atoms with van der Waals surface area (Å²) in [4.78, 5) is 12.1. The number of nitrogens with one attached hydrogen (secondary N) is 1. The van der Waals surface area contributed by atoms with Gasteiger partial charge in [-0.05, 0) is 32.4 Å². The van der Waals surface area contributed by atoms with Crippen LogP contribution in [-0.2, 0) is 16.0 Å². The smallest absolute Gasteiger partial charge is 0.329 e. The van der Waals surface area contributed by atoms with Crippen LogP contribution in [0.5, 0.6) is 11.5 Å². The third-order valence-electron chi connectivity index (χ3n) is 3.05. The van der Waals surface area contributed by atoms with Gasteiger partial charge in [-0.15, -0.1) is 0 Å². The summed E-state index contributed by atoms with van der Waals surface area (Å²) in [5.74, 6) is 1.06. The Morgan fingerprint density at radius 2 is 1.80 bits per heavy atom. The molecule has 5 heteroatoms. The van der Waals surface area contributed by atoms with Crippen molar-refractivity contribution < 1.29 is 19.0 Å². The molecular formula is C15H21NO4. The summed E-state index contributed by atoms with van der Waals surface area (Å²) in [7, 11) is 3.18. The predicted molar refractivity (Wildman–Crippen MR) is 76.5 cm³/mol. The molecule has 0 saturated carbocycles. The fourth-order valence-corrected chi connectivity index (χ4v) is 2.20. The van der Waals surface area contributed by atoms with E-state index < -0.39 is 5.60 Å². The van der Waals surface area contributed by atoms with Crippen LogP contribution in [0.25, 0.3) is 0 Å². The van der Waals surface area contributed by atoms with E-state index in [9.17, 15) is 4.79 Å². The Balaban J connectivity index is 2.17. The van der Waals surface area contributed by atoms with Crippen molar-refractivity contribution in [2.75, 3.05) is 19.5 Å². The number of esters is 1. The van der Waals surface area contributed by atoms with Crippen LogP contribution < -0.4 is 14.8 Å². The van der Waals surface area contributed by atoms with Crippen molar-refractivity contribution in [3.8, 4) is 11.5 Å². The maximum atomic E-state index is 12.1. The average Bonchev–Trinajstić information content (AvgIpc) is 2.77. The quantitative estimate of drug-likeness (QED) is 0.861. The fourth-order valence-electron chi connectivity index (χ4n) is 2.20. The lowest BCUT2D eigenvalue weighted by atomic mass is 10.1. The first-order chi connectivity index (χ1) is 9.34. The molecule has 20 heavy (non-hydrogen) atoms. The molecule has 1 atom stereocenters. The molecule has 1 unspecified atom stereocenters. The Hall–Kier alpha value is -1.91. The van der Waals surface area contributed by atoms with Gasteiger partial charge in [0, 0.05) is 18.2 Å². The number of ether oxygens (including phenoxy) is 3. The normalized spacial score (nSPS) is 17.1. The molecule has 1 aromatic carbocycles. The van der Waals surface area contributed by atoms with Crippen molar-refractivity contribution in [2.45, 2.75) is 38.8 Å². The largest absolute Gasteiger partial charge is 0.493 e. The van der Waals surface area contributed by atoms with Crippen LogP contribution in [0.4, 0.5) is 5.69 Å². The second-order valence-electron chi connectivity index (χ2n) is 5.80. The molecule has 0 spiro atoms. The molecule has 0 bridgehead atoms. The number of anilines is 1. The second kappa shape index (κ2) is 5.23. The molecule has 0 radical (unpaired) electrons. The first kappa shape index (κ1) is 14.5. The molecule has 5 nitrogen and oxygen atoms in total. The van der Waals surface area contributed by atoms with Crippen molar-refractivity contribution in [1.82, 2.24) is 0 Å². The van der Waals surface area contributed by atoms with Crippen LogP contribution in [0, 0.1) is 0 Å². The summed E-state index contributed by atoms with van der Waals surface area (Å²) in [6.45, 7) is 5.58. The van der Waals surface area contributed by atoms with Crippen molar-refractivity contribution in [2.24, 2.45) is 0 Å². The van der Waals surface area contributed by atoms with Gasteiger partial charge in [0.1, 0.15) is 11.6 Å². The molecule has 0 fully saturated rings. The van der Waals surface area contributed by atoms with E-state index >= 15 is 0 Å². The van der Waals surface area contributed by atoms with Crippen molar-refractivity contribution in [1.29, 1.82) is 0 Å². The lowest BCUT2D eigenvalue weighted by molar-refractivity contribution is -0.155. The number of carbonyl (C=O) groups is 1. The number of methoxy groups -OCH3 is 2. The number of hydrogen-bond acceptors (Lipinski definition) is 5. The van der Waals surface area contributed by atoms with E-state index in [-0.39, 0.29) is 12.0 Å². The lowest BCUT2D eigenvalue weighted by Gasteiger charge is -2.22. The number of fused-ring (bicyclic) bond motifs is 1. The van der Waals surface area contributed by atoms with Gasteiger partial charge in [0.25, 0.3) is 0 Å². The van der Waals surface area contributed by atoms with Gasteiger partial charge in [0.15, 0.2) is 11.5 Å². The molecule has 1 heterocycles. The van der Waals surface area contributed by atoms with Gasteiger partial charge in [-0.25, -0.2) is 4.79 Å². The molecule has 1 aliphatic heterocycles. The zero-order chi connectivity index (χ0) is 14.9. The highest BCUT2D eigenvalue weighted by Gasteiger charge is 2.31. The molecule has 2 rings (SSSR count). The van der Waals surface area contributed by atoms with Crippen LogP contribution in [0.3, 0.4) is 0 Å². The number of hydrogen-bond donors (Lipinski definition) is 1. The standard InChI is InChI=1S/C15H21NO4/c1-15(2,3)20-14(17)11-6-9-7-12(18-4)13(19-5)8-10(9)16-11/h7-8,11,16H,6H2,1-5H3. The highest BCUT2D eigenvalue weighted by molar-refractivity contribution is 5.83. The predicted octanol–water partition coefficient (Wildman–Crippen LogP) is 2.38. The van der Waals surface area contributed by atoms with E-state index in [0.717, 1.165) is 11.3 Å². The number of benzene rings is 1. The van der Waals surface area contributed by atoms with Crippen LogP contribution in [-0.4, -0.2) is 31.8 Å². The van der Waals surface area contributed by atoms with Gasteiger partial charge in [0.05, 0.1) is 14.2 Å². The minimum absolute atomic E-state index is 0.244. The van der Waals surface area contributed by atoms with Gasteiger partial charge in [-0.1, -0.05) is 0 Å². The molecule has 0 saturated heterocycles. The highest BCUT2D eigenvalue weighted by Crippen LogP contribution is 2.37. The number of carbonyl (C=O) groups excluding carboxylic acids is 1. The zero-order valence-electron chi connectivity index (χ0n) is 12.6. The van der Waals surface area contributed by atoms with Crippen molar-refractivity contribution in [3.05, 3.63) is 17.7 Å². The molecule has 1 N–H and O–H groups in total. The maximum absolute atomic E-state index is 12.1. The first-order valence-corrected chi connectivity index (χ1v) is 6.58. The first-order valence-electron chi connectivity index (χ1n) is 6.58. The minimum atomic E-state index is -0.483. The SMILES string of the molecule is COc1cc2c(cc1OC)NC(C(=O)OC(C)(C)C)C2. The van der Waals surface area contributed by atoms with Gasteiger partial charge < -0.3 is 19.5 Å². The van der Waals surface area contributed by atoms with Crippen molar-refractivity contribution >= 4 is 11.7 Å². The summed E-state index contributed by atoms with van der Waals surface area (Å²) in [5, 5.41) is 3.17. The molecule has 0 amide bonds. The molecule has 0 aliphatic carbocycles. The summed E-state index contributed by atoms with van der Waals surface area (Å²) in [5.41, 5.74) is 1.43. The summed E-state index contributed by atoms with van der Waals surface area (Å²) >= 11 is 0. The monoisotopic (exact) mass is 279 g/mol. The Kier molecular flexibility index (Phi) is 3.79. The molecular weight excluding hydrogens is 258 g/mol. The zero-order valence-corrected chi connectivity index (χ0v) is 12.6. The Morgan fingerprint density at radius 3 is 2.35 bits per heavy atom. The molecule has 110 valence electrons. The Labute approximate surface area is 119 Å². The van der Waals surface area contributed by atoms with E-state index in [0.29, 0.717) is 17.9 Å². The second-order valence-corrected chi connectivity index (χ2v) is 5.80. The van der Waals surface area contributed by atoms with Crippen LogP contribution in [0.2, 0.25) is 0 Å². The summed E-state index contributed by atoms with van der Waals surface area (Å²) < 4.78 is 15.9. The fraction of sp³-hybridized carbons (Fsp3) is 0.533. The van der Waals surface area contributed by atoms with Gasteiger partial charge >= 0.3 is 5.97 Å². The van der Waals surface area contributed by atoms with Gasteiger partial charge in [-0.3, -0.25) is 0 Å². The summed E-state index contributed by atoms with van der Waals surface area (Å²) in [6, 6.07) is 3.38. The molecule has 1 aliphatic rings. The van der Waals surface area contributed by atoms with Crippen molar-refractivity contribution in [3.63, 3.8) is 0 Å². The van der Waals surface area contributed by atoms with E-state index in [1.165, 1.54) is 0 Å². The topological polar surface area (TPSA) is 56.8 Å². The van der Waals surface area contributed by atoms with Crippen LogP contribution in [0.1, 0.15) is 26.3 Å². The third-order valence-corrected chi connectivity index (χ3v) is 3.05. The van der Waals surface area contributed by atoms with Gasteiger partial charge in [-0.2, -0.15) is 0 Å². The minimum Gasteiger partial charge on any atom is -0.493 e. The van der Waals surface area contributed by atoms with Crippen LogP contribution in [0.15, 0.2) is 12.1 Å². The van der Waals surface area contributed by atoms with Crippen LogP contribution >= 0.6 is 0 Å². The maximum Gasteiger partial charge on any atom is 0.329 e. The Bertz CT molecular complexity index is 486. The lowest BCUT2D eigenvalue weighted by Crippen LogP contribution is -2.35. The van der Waals surface area contributed by atoms with E-state index in [4.69, 9.17) is 14.2 Å². The van der Waals surface area contributed by atoms with E-state index in [1.54, 1.807) is 14.2 Å². The third kappa shape index (κ3) is 2.98. The Morgan fingerprint density at radius 1 is 1.20 bits per heavy atom. The summed E-state index contributed by atoms with van der Waals surface area (Å²) in [6.07, 6.45) is 0.588. The van der Waals surface area contributed by atoms with Gasteiger partial charge in [0.2, 0.25) is 0 Å². The molecule has 0 aromatic heterocycles. The average molecular weight is 279 g/mol. The highest BCUT2D eigenvalue weighted by atomic mass is 16.6. The molecule has 1 aromatic rings. The number of rotatable bonds is 3. The van der Waals surface area contributed by atoms with E-state index in [1.807, 2.05) is 32.9 Å². The van der Waals surface area contributed by atoms with E-state index in [2.05, 4.69) is 5.32 Å².